The summed E-state index contributed by atoms with van der Waals surface area (Å²) in [4.78, 5) is 35.7. The van der Waals surface area contributed by atoms with Gasteiger partial charge in [-0.15, -0.1) is 0 Å². The molecule has 0 aliphatic heterocycles. The highest BCUT2D eigenvalue weighted by molar-refractivity contribution is 6.02. The van der Waals surface area contributed by atoms with Crippen molar-refractivity contribution in [2.75, 3.05) is 0 Å². The molecule has 0 aliphatic carbocycles. The van der Waals surface area contributed by atoms with E-state index in [1.54, 1.807) is 48.5 Å². The Morgan fingerprint density at radius 2 is 1.78 bits per heavy atom. The molecule has 0 atom stereocenters. The van der Waals surface area contributed by atoms with Crippen molar-refractivity contribution in [2.45, 2.75) is 0 Å². The molecular formula is C19H12N6O2. The monoisotopic (exact) mass is 356 g/mol. The van der Waals surface area contributed by atoms with Crippen LogP contribution in [0.1, 0.15) is 16.1 Å². The van der Waals surface area contributed by atoms with Crippen LogP contribution in [0.15, 0.2) is 59.4 Å². The molecule has 8 nitrogen and oxygen atoms in total. The number of H-pyrrole nitrogens is 1. The number of primary amides is 1. The molecular weight excluding hydrogens is 344 g/mol. The summed E-state index contributed by atoms with van der Waals surface area (Å²) < 4.78 is 1.36. The fraction of sp³-hybridized carbons (Fsp3) is 0. The molecule has 1 amide bonds. The number of amides is 1. The highest BCUT2D eigenvalue weighted by Crippen LogP contribution is 2.22. The molecule has 0 fully saturated rings. The normalized spacial score (nSPS) is 10.6. The van der Waals surface area contributed by atoms with Crippen LogP contribution in [0.2, 0.25) is 0 Å². The summed E-state index contributed by atoms with van der Waals surface area (Å²) >= 11 is 0. The van der Waals surface area contributed by atoms with E-state index in [-0.39, 0.29) is 22.7 Å². The van der Waals surface area contributed by atoms with Gasteiger partial charge in [0, 0.05) is 5.56 Å². The van der Waals surface area contributed by atoms with Gasteiger partial charge in [0.15, 0.2) is 17.2 Å². The van der Waals surface area contributed by atoms with Crippen LogP contribution in [0.4, 0.5) is 0 Å². The maximum Gasteiger partial charge on any atom is 0.332 e. The number of nitriles is 1. The summed E-state index contributed by atoms with van der Waals surface area (Å²) in [7, 11) is 0. The van der Waals surface area contributed by atoms with Crippen molar-refractivity contribution in [3.63, 3.8) is 0 Å². The van der Waals surface area contributed by atoms with E-state index in [0.29, 0.717) is 16.8 Å². The molecule has 0 spiro atoms. The maximum absolute atomic E-state index is 12.5. The van der Waals surface area contributed by atoms with Gasteiger partial charge in [-0.1, -0.05) is 18.2 Å². The molecule has 27 heavy (non-hydrogen) atoms. The van der Waals surface area contributed by atoms with Crippen molar-refractivity contribution in [1.29, 1.82) is 5.26 Å². The Morgan fingerprint density at radius 1 is 1.07 bits per heavy atom. The first-order valence-corrected chi connectivity index (χ1v) is 7.97. The van der Waals surface area contributed by atoms with Gasteiger partial charge in [-0.25, -0.2) is 19.3 Å². The van der Waals surface area contributed by atoms with Gasteiger partial charge in [0.1, 0.15) is 5.52 Å². The Labute approximate surface area is 152 Å². The van der Waals surface area contributed by atoms with Crippen LogP contribution in [0.3, 0.4) is 0 Å². The number of nitrogens with one attached hydrogen (secondary N) is 1. The lowest BCUT2D eigenvalue weighted by atomic mass is 10.1. The van der Waals surface area contributed by atoms with Crippen molar-refractivity contribution in [2.24, 2.45) is 5.73 Å². The van der Waals surface area contributed by atoms with Gasteiger partial charge >= 0.3 is 5.69 Å². The minimum atomic E-state index is -0.779. The minimum Gasteiger partial charge on any atom is -0.364 e. The fourth-order valence-corrected chi connectivity index (χ4v) is 2.80. The summed E-state index contributed by atoms with van der Waals surface area (Å²) in [6.45, 7) is 0. The summed E-state index contributed by atoms with van der Waals surface area (Å²) in [6.07, 6.45) is 0. The van der Waals surface area contributed by atoms with Crippen LogP contribution < -0.4 is 11.4 Å². The lowest BCUT2D eigenvalue weighted by molar-refractivity contribution is 0.0997. The predicted octanol–water partition coefficient (Wildman–Crippen LogP) is 1.75. The average molecular weight is 356 g/mol. The molecule has 0 aliphatic rings. The molecule has 2 heterocycles. The number of aromatic amines is 1. The van der Waals surface area contributed by atoms with E-state index in [9.17, 15) is 9.59 Å². The predicted molar refractivity (Wildman–Crippen MR) is 98.2 cm³/mol. The van der Waals surface area contributed by atoms with Crippen molar-refractivity contribution in [1.82, 2.24) is 19.5 Å². The molecule has 3 N–H and O–H groups in total. The first-order chi connectivity index (χ1) is 13.1. The number of nitrogens with two attached hydrogens (primary N) is 1. The van der Waals surface area contributed by atoms with E-state index >= 15 is 0 Å². The largest absolute Gasteiger partial charge is 0.364 e. The standard InChI is InChI=1S/C19H12N6O2/c20-10-11-6-8-12(9-7-11)17-22-14(16(21)26)15-18(24-17)25(19(27)23-15)13-4-2-1-3-5-13/h1-9H,(H2,21,26)(H,23,27). The highest BCUT2D eigenvalue weighted by atomic mass is 16.2. The van der Waals surface area contributed by atoms with Crippen LogP contribution >= 0.6 is 0 Å². The minimum absolute atomic E-state index is 0.0776. The van der Waals surface area contributed by atoms with Gasteiger partial charge in [0.25, 0.3) is 5.91 Å². The lowest BCUT2D eigenvalue weighted by Crippen LogP contribution is -2.15. The zero-order valence-corrected chi connectivity index (χ0v) is 13.9. The molecule has 0 bridgehead atoms. The molecule has 2 aromatic heterocycles. The second-order valence-corrected chi connectivity index (χ2v) is 5.75. The van der Waals surface area contributed by atoms with Gasteiger partial charge in [0.2, 0.25) is 0 Å². The smallest absolute Gasteiger partial charge is 0.332 e. The van der Waals surface area contributed by atoms with Gasteiger partial charge < -0.3 is 10.7 Å². The van der Waals surface area contributed by atoms with Crippen LogP contribution in [-0.2, 0) is 0 Å². The number of benzene rings is 2. The molecule has 0 saturated heterocycles. The zero-order valence-electron chi connectivity index (χ0n) is 13.9. The number of rotatable bonds is 3. The van der Waals surface area contributed by atoms with E-state index in [1.165, 1.54) is 4.57 Å². The first-order valence-electron chi connectivity index (χ1n) is 7.97. The summed E-state index contributed by atoms with van der Waals surface area (Å²) in [6, 6.07) is 17.5. The molecule has 0 saturated carbocycles. The Bertz CT molecular complexity index is 1260. The number of fused-ring (bicyclic) bond motifs is 1. The van der Waals surface area contributed by atoms with Crippen LogP contribution in [0, 0.1) is 11.3 Å². The van der Waals surface area contributed by atoms with E-state index in [2.05, 4.69) is 15.0 Å². The number of hydrogen-bond donors (Lipinski definition) is 2. The molecule has 8 heteroatoms. The number of carbonyl (C=O) groups excluding carboxylic acids is 1. The molecule has 4 rings (SSSR count). The zero-order chi connectivity index (χ0) is 19.0. The number of nitrogens with zero attached hydrogens (tertiary/aromatic N) is 4. The second-order valence-electron chi connectivity index (χ2n) is 5.75. The van der Waals surface area contributed by atoms with Crippen molar-refractivity contribution < 1.29 is 4.79 Å². The highest BCUT2D eigenvalue weighted by Gasteiger charge is 2.20. The third-order valence-corrected chi connectivity index (χ3v) is 4.06. The number of imidazole rings is 1. The molecule has 2 aromatic carbocycles. The SMILES string of the molecule is N#Cc1ccc(-c2nc(C(N)=O)c3[nH]c(=O)n(-c4ccccc4)c3n2)cc1. The number of para-hydroxylation sites is 1. The Morgan fingerprint density at radius 3 is 2.41 bits per heavy atom. The van der Waals surface area contributed by atoms with Crippen LogP contribution in [-0.4, -0.2) is 25.4 Å². The number of hydrogen-bond acceptors (Lipinski definition) is 5. The second kappa shape index (κ2) is 6.24. The lowest BCUT2D eigenvalue weighted by Gasteiger charge is -2.06. The number of aromatic nitrogens is 4. The average Bonchev–Trinajstić information content (AvgIpc) is 3.03. The summed E-state index contributed by atoms with van der Waals surface area (Å²) in [5.74, 6) is -0.553. The first kappa shape index (κ1) is 16.2. The van der Waals surface area contributed by atoms with Gasteiger partial charge in [-0.3, -0.25) is 4.79 Å². The van der Waals surface area contributed by atoms with E-state index in [0.717, 1.165) is 0 Å². The van der Waals surface area contributed by atoms with Gasteiger partial charge in [0.05, 0.1) is 17.3 Å². The van der Waals surface area contributed by atoms with E-state index < -0.39 is 11.6 Å². The molecule has 0 radical (unpaired) electrons. The Hall–Kier alpha value is -4.25. The van der Waals surface area contributed by atoms with Crippen molar-refractivity contribution >= 4 is 17.1 Å². The van der Waals surface area contributed by atoms with Crippen molar-refractivity contribution in [3.05, 3.63) is 76.3 Å². The Balaban J connectivity index is 2.03. The van der Waals surface area contributed by atoms with Crippen LogP contribution in [0.5, 0.6) is 0 Å². The molecule has 4 aromatic rings. The molecule has 130 valence electrons. The fourth-order valence-electron chi connectivity index (χ4n) is 2.80. The molecule has 0 unspecified atom stereocenters. The third kappa shape index (κ3) is 2.73. The van der Waals surface area contributed by atoms with Crippen molar-refractivity contribution in [3.8, 4) is 23.1 Å². The topological polar surface area (TPSA) is 130 Å². The number of carbonyl (C=O) groups is 1. The maximum atomic E-state index is 12.5. The van der Waals surface area contributed by atoms with E-state index in [1.807, 2.05) is 12.1 Å². The summed E-state index contributed by atoms with van der Waals surface area (Å²) in [5.41, 5.74) is 7.02. The third-order valence-electron chi connectivity index (χ3n) is 4.06. The van der Waals surface area contributed by atoms with Gasteiger partial charge in [-0.05, 0) is 36.4 Å². The Kier molecular flexibility index (Phi) is 3.75. The van der Waals surface area contributed by atoms with Crippen LogP contribution in [0.25, 0.3) is 28.2 Å². The quantitative estimate of drug-likeness (QED) is 0.577. The van der Waals surface area contributed by atoms with Gasteiger partial charge in [-0.2, -0.15) is 5.26 Å². The summed E-state index contributed by atoms with van der Waals surface area (Å²) in [5, 5.41) is 8.94. The van der Waals surface area contributed by atoms with E-state index in [4.69, 9.17) is 11.0 Å².